The number of piperidine rings is 1. The monoisotopic (exact) mass is 388 g/mol. The average Bonchev–Trinajstić information content (AvgIpc) is 2.81. The van der Waals surface area contributed by atoms with Crippen molar-refractivity contribution in [1.82, 2.24) is 15.5 Å². The molecule has 0 aromatic heterocycles. The number of amidine groups is 1. The summed E-state index contributed by atoms with van der Waals surface area (Å²) >= 11 is 5.99. The van der Waals surface area contributed by atoms with E-state index in [-0.39, 0.29) is 5.91 Å². The average molecular weight is 389 g/mol. The van der Waals surface area contributed by atoms with Gasteiger partial charge >= 0.3 is 0 Å². The van der Waals surface area contributed by atoms with Crippen LogP contribution in [0.1, 0.15) is 24.8 Å². The van der Waals surface area contributed by atoms with E-state index in [4.69, 9.17) is 17.3 Å². The molecule has 1 amide bonds. The molecule has 2 aliphatic heterocycles. The van der Waals surface area contributed by atoms with Crippen LogP contribution in [0.4, 0.5) is 0 Å². The van der Waals surface area contributed by atoms with Gasteiger partial charge in [-0.3, -0.25) is 9.79 Å². The van der Waals surface area contributed by atoms with Crippen molar-refractivity contribution in [3.63, 3.8) is 0 Å². The van der Waals surface area contributed by atoms with Crippen molar-refractivity contribution in [2.45, 2.75) is 31.3 Å². The molecule has 144 valence electrons. The highest BCUT2D eigenvalue weighted by molar-refractivity contribution is 6.30. The highest BCUT2D eigenvalue weighted by Gasteiger charge is 2.38. The van der Waals surface area contributed by atoms with Crippen LogP contribution in [-0.2, 0) is 11.3 Å². The summed E-state index contributed by atoms with van der Waals surface area (Å²) in [4.78, 5) is 23.4. The Hall–Kier alpha value is -2.38. The molecule has 2 heterocycles. The summed E-state index contributed by atoms with van der Waals surface area (Å²) in [5.41, 5.74) is 6.51. The second-order valence-electron chi connectivity index (χ2n) is 6.77. The van der Waals surface area contributed by atoms with Gasteiger partial charge in [0.2, 0.25) is 5.91 Å². The summed E-state index contributed by atoms with van der Waals surface area (Å²) in [6.07, 6.45) is 7.36. The highest BCUT2D eigenvalue weighted by atomic mass is 35.5. The molecule has 1 fully saturated rings. The fourth-order valence-corrected chi connectivity index (χ4v) is 3.37. The van der Waals surface area contributed by atoms with Crippen LogP contribution in [0, 0.1) is 0 Å². The van der Waals surface area contributed by atoms with Gasteiger partial charge in [-0.2, -0.15) is 0 Å². The van der Waals surface area contributed by atoms with Crippen LogP contribution in [-0.4, -0.2) is 48.3 Å². The molecule has 2 aliphatic rings. The van der Waals surface area contributed by atoms with Crippen molar-refractivity contribution in [1.29, 1.82) is 0 Å². The predicted molar refractivity (Wildman–Crippen MR) is 109 cm³/mol. The summed E-state index contributed by atoms with van der Waals surface area (Å²) in [5, 5.41) is 6.66. The maximum atomic E-state index is 12.6. The molecule has 3 rings (SSSR count). The van der Waals surface area contributed by atoms with Crippen molar-refractivity contribution in [2.24, 2.45) is 15.7 Å². The first-order valence-corrected chi connectivity index (χ1v) is 9.44. The number of rotatable bonds is 3. The Balaban J connectivity index is 1.55. The Bertz CT molecular complexity index is 752. The van der Waals surface area contributed by atoms with Crippen LogP contribution in [0.2, 0.25) is 5.02 Å². The number of carbonyl (C=O) groups excluding carboxylic acids is 1. The van der Waals surface area contributed by atoms with E-state index in [0.717, 1.165) is 17.8 Å². The van der Waals surface area contributed by atoms with Gasteiger partial charge in [-0.15, -0.1) is 0 Å². The zero-order valence-electron chi connectivity index (χ0n) is 15.2. The number of halogens is 1. The third-order valence-electron chi connectivity index (χ3n) is 4.82. The van der Waals surface area contributed by atoms with Gasteiger partial charge in [-0.25, -0.2) is 4.99 Å². The fraction of sp³-hybridized carbons (Fsp3) is 0.421. The molecule has 27 heavy (non-hydrogen) atoms. The lowest BCUT2D eigenvalue weighted by molar-refractivity contribution is -0.127. The topological polar surface area (TPSA) is 95.1 Å². The highest BCUT2D eigenvalue weighted by Crippen LogP contribution is 2.21. The van der Waals surface area contributed by atoms with E-state index in [1.54, 1.807) is 6.34 Å². The van der Waals surface area contributed by atoms with Crippen molar-refractivity contribution in [3.05, 3.63) is 47.1 Å². The molecule has 0 bridgehead atoms. The van der Waals surface area contributed by atoms with Gasteiger partial charge < -0.3 is 21.3 Å². The number of likely N-dealkylation sites (tertiary alicyclic amines) is 1. The van der Waals surface area contributed by atoms with Gasteiger partial charge in [0.25, 0.3) is 0 Å². The Morgan fingerprint density at radius 3 is 2.96 bits per heavy atom. The van der Waals surface area contributed by atoms with Crippen molar-refractivity contribution in [2.75, 3.05) is 19.8 Å². The van der Waals surface area contributed by atoms with Crippen molar-refractivity contribution < 1.29 is 4.79 Å². The molecule has 0 aliphatic carbocycles. The molecule has 0 radical (unpaired) electrons. The Morgan fingerprint density at radius 1 is 1.37 bits per heavy atom. The van der Waals surface area contributed by atoms with E-state index < -0.39 is 5.54 Å². The normalized spacial score (nSPS) is 20.5. The summed E-state index contributed by atoms with van der Waals surface area (Å²) in [5.74, 6) is 0.823. The van der Waals surface area contributed by atoms with Crippen LogP contribution in [0.3, 0.4) is 0 Å². The van der Waals surface area contributed by atoms with Crippen molar-refractivity contribution in [3.8, 4) is 0 Å². The van der Waals surface area contributed by atoms with Gasteiger partial charge in [0.15, 0.2) is 0 Å². The van der Waals surface area contributed by atoms with E-state index in [1.807, 2.05) is 36.5 Å². The molecule has 0 spiro atoms. The molecule has 1 saturated heterocycles. The first-order valence-electron chi connectivity index (χ1n) is 9.07. The van der Waals surface area contributed by atoms with Crippen LogP contribution >= 0.6 is 11.6 Å². The number of carbonyl (C=O) groups is 1. The quantitative estimate of drug-likeness (QED) is 0.733. The predicted octanol–water partition coefficient (Wildman–Crippen LogP) is 1.64. The number of aliphatic imine (C=N–C) groups is 2. The lowest BCUT2D eigenvalue weighted by Gasteiger charge is -2.39. The first-order chi connectivity index (χ1) is 13.1. The smallest absolute Gasteiger partial charge is 0.240 e. The zero-order chi connectivity index (χ0) is 19.1. The van der Waals surface area contributed by atoms with Crippen LogP contribution < -0.4 is 16.4 Å². The Morgan fingerprint density at radius 2 is 2.19 bits per heavy atom. The van der Waals surface area contributed by atoms with Crippen LogP contribution in [0.5, 0.6) is 0 Å². The molecule has 1 aromatic carbocycles. The minimum Gasteiger partial charge on any atom is -0.373 e. The summed E-state index contributed by atoms with van der Waals surface area (Å²) < 4.78 is 0. The van der Waals surface area contributed by atoms with Crippen LogP contribution in [0.25, 0.3) is 0 Å². The minimum atomic E-state index is -0.861. The van der Waals surface area contributed by atoms with Gasteiger partial charge in [0, 0.05) is 31.1 Å². The number of benzene rings is 1. The fourth-order valence-electron chi connectivity index (χ4n) is 3.16. The van der Waals surface area contributed by atoms with Gasteiger partial charge in [0.05, 0.1) is 5.54 Å². The lowest BCUT2D eigenvalue weighted by atomic mass is 9.87. The maximum absolute atomic E-state index is 12.6. The van der Waals surface area contributed by atoms with E-state index in [0.29, 0.717) is 44.2 Å². The maximum Gasteiger partial charge on any atom is 0.240 e. The third-order valence-corrected chi connectivity index (χ3v) is 5.06. The molecular weight excluding hydrogens is 364 g/mol. The third kappa shape index (κ3) is 5.30. The number of hydrogen-bond acceptors (Lipinski definition) is 6. The Kier molecular flexibility index (Phi) is 6.47. The summed E-state index contributed by atoms with van der Waals surface area (Å²) in [6, 6.07) is 7.44. The van der Waals surface area contributed by atoms with Gasteiger partial charge in [-0.05, 0) is 36.7 Å². The molecule has 1 aromatic rings. The molecule has 7 nitrogen and oxygen atoms in total. The van der Waals surface area contributed by atoms with E-state index in [2.05, 4.69) is 25.5 Å². The SMILES string of the molecule is NC1(C(=O)NCc2cccc(Cl)c2)CCN(C2=NC=NCN/C=C\C2)CC1. The zero-order valence-corrected chi connectivity index (χ0v) is 16.0. The standard InChI is InChI=1S/C19H25ClN6O/c20-16-4-1-3-15(11-16)12-24-18(27)19(21)6-9-26(10-7-19)17-5-2-8-22-13-23-14-25-17/h1-4,8,11,14,22H,5-7,9-10,12-13,21H2,(H,24,27)/b8-2-,23-14?,25-17?. The van der Waals surface area contributed by atoms with E-state index in [1.165, 1.54) is 0 Å². The van der Waals surface area contributed by atoms with Crippen LogP contribution in [0.15, 0.2) is 46.5 Å². The molecule has 4 N–H and O–H groups in total. The Labute approximate surface area is 164 Å². The molecular formula is C19H25ClN6O. The van der Waals surface area contributed by atoms with Crippen molar-refractivity contribution >= 4 is 29.7 Å². The molecule has 8 heteroatoms. The molecule has 0 unspecified atom stereocenters. The number of hydrogen-bond donors (Lipinski definition) is 3. The summed E-state index contributed by atoms with van der Waals surface area (Å²) in [7, 11) is 0. The molecule has 0 saturated carbocycles. The largest absolute Gasteiger partial charge is 0.373 e. The van der Waals surface area contributed by atoms with Gasteiger partial charge in [-0.1, -0.05) is 29.8 Å². The number of nitrogens with zero attached hydrogens (tertiary/aromatic N) is 3. The first kappa shape index (κ1) is 19.4. The lowest BCUT2D eigenvalue weighted by Crippen LogP contribution is -2.60. The second-order valence-corrected chi connectivity index (χ2v) is 7.20. The number of nitrogens with two attached hydrogens (primary N) is 1. The van der Waals surface area contributed by atoms with E-state index in [9.17, 15) is 4.79 Å². The minimum absolute atomic E-state index is 0.121. The second kappa shape index (κ2) is 9.01. The summed E-state index contributed by atoms with van der Waals surface area (Å²) in [6.45, 7) is 2.32. The van der Waals surface area contributed by atoms with Gasteiger partial charge in [0.1, 0.15) is 18.8 Å². The van der Waals surface area contributed by atoms with E-state index >= 15 is 0 Å². The molecule has 0 atom stereocenters. The number of amides is 1. The number of nitrogens with one attached hydrogen (secondary N) is 2.